The highest BCUT2D eigenvalue weighted by Crippen LogP contribution is 2.01. The topological polar surface area (TPSA) is 21.5 Å². The summed E-state index contributed by atoms with van der Waals surface area (Å²) in [6, 6.07) is 9.87. The highest BCUT2D eigenvalue weighted by molar-refractivity contribution is 5.93. The summed E-state index contributed by atoms with van der Waals surface area (Å²) in [7, 11) is 4.10. The number of hydrogen-bond donors (Lipinski definition) is 1. The fourth-order valence-electron chi connectivity index (χ4n) is 1.21. The van der Waals surface area contributed by atoms with E-state index in [0.29, 0.717) is 6.42 Å². The zero-order valence-corrected chi connectivity index (χ0v) is 9.36. The van der Waals surface area contributed by atoms with E-state index in [9.17, 15) is 4.79 Å². The Labute approximate surface area is 91.2 Å². The van der Waals surface area contributed by atoms with Crippen LogP contribution in [0.15, 0.2) is 36.4 Å². The molecular formula is C13H18NO+. The van der Waals surface area contributed by atoms with Crippen molar-refractivity contribution in [1.82, 2.24) is 0 Å². The molecule has 0 saturated carbocycles. The molecule has 1 N–H and O–H groups in total. The van der Waals surface area contributed by atoms with Gasteiger partial charge in [0.2, 0.25) is 0 Å². The molecule has 80 valence electrons. The molecule has 0 unspecified atom stereocenters. The average Bonchev–Trinajstić information content (AvgIpc) is 2.25. The van der Waals surface area contributed by atoms with Crippen molar-refractivity contribution in [3.63, 3.8) is 0 Å². The molecule has 0 radical (unpaired) electrons. The molecule has 0 aliphatic heterocycles. The second-order valence-electron chi connectivity index (χ2n) is 3.92. The summed E-state index contributed by atoms with van der Waals surface area (Å²) in [6.07, 6.45) is 4.15. The van der Waals surface area contributed by atoms with Gasteiger partial charge in [-0.15, -0.1) is 0 Å². The van der Waals surface area contributed by atoms with Crippen LogP contribution in [0.4, 0.5) is 0 Å². The van der Waals surface area contributed by atoms with Gasteiger partial charge in [0.15, 0.2) is 5.78 Å². The lowest BCUT2D eigenvalue weighted by molar-refractivity contribution is -0.857. The van der Waals surface area contributed by atoms with Gasteiger partial charge in [-0.1, -0.05) is 36.4 Å². The number of quaternary nitrogens is 1. The first-order valence-corrected chi connectivity index (χ1v) is 5.23. The molecule has 1 aromatic rings. The van der Waals surface area contributed by atoms with E-state index in [4.69, 9.17) is 0 Å². The van der Waals surface area contributed by atoms with Crippen molar-refractivity contribution >= 4 is 11.9 Å². The standard InChI is InChI=1S/C13H17NO/c1-14(2)11-10-13(15)9-8-12-6-4-3-5-7-12/h3-9H,10-11H2,1-2H3/p+1/b9-8+. The minimum Gasteiger partial charge on any atom is -0.339 e. The highest BCUT2D eigenvalue weighted by atomic mass is 16.1. The van der Waals surface area contributed by atoms with E-state index in [2.05, 4.69) is 0 Å². The fourth-order valence-corrected chi connectivity index (χ4v) is 1.21. The Bertz CT molecular complexity index is 328. The van der Waals surface area contributed by atoms with Crippen molar-refractivity contribution < 1.29 is 9.69 Å². The van der Waals surface area contributed by atoms with E-state index in [1.54, 1.807) is 6.08 Å². The van der Waals surface area contributed by atoms with Crippen LogP contribution in [0.25, 0.3) is 6.08 Å². The molecule has 15 heavy (non-hydrogen) atoms. The Hall–Kier alpha value is -1.41. The van der Waals surface area contributed by atoms with Crippen molar-refractivity contribution in [3.05, 3.63) is 42.0 Å². The van der Waals surface area contributed by atoms with Gasteiger partial charge in [0.1, 0.15) is 0 Å². The largest absolute Gasteiger partial charge is 0.339 e. The van der Waals surface area contributed by atoms with Crippen molar-refractivity contribution in [2.75, 3.05) is 20.6 Å². The summed E-state index contributed by atoms with van der Waals surface area (Å²) in [5.74, 6) is 0.194. The minimum atomic E-state index is 0.194. The first kappa shape index (κ1) is 11.7. The zero-order valence-electron chi connectivity index (χ0n) is 9.36. The first-order valence-electron chi connectivity index (χ1n) is 5.23. The first-order chi connectivity index (χ1) is 7.18. The van der Waals surface area contributed by atoms with E-state index in [0.717, 1.165) is 12.1 Å². The highest BCUT2D eigenvalue weighted by Gasteiger charge is 1.99. The van der Waals surface area contributed by atoms with Crippen LogP contribution in [0.2, 0.25) is 0 Å². The van der Waals surface area contributed by atoms with Crippen LogP contribution in [0.3, 0.4) is 0 Å². The van der Waals surface area contributed by atoms with Gasteiger partial charge < -0.3 is 4.90 Å². The Kier molecular flexibility index (Phi) is 4.78. The summed E-state index contributed by atoms with van der Waals surface area (Å²) >= 11 is 0. The molecule has 0 fully saturated rings. The summed E-state index contributed by atoms with van der Waals surface area (Å²) in [5.41, 5.74) is 1.07. The molecule has 0 bridgehead atoms. The maximum Gasteiger partial charge on any atom is 0.161 e. The third kappa shape index (κ3) is 5.13. The Morgan fingerprint density at radius 3 is 2.53 bits per heavy atom. The van der Waals surface area contributed by atoms with Crippen molar-refractivity contribution in [1.29, 1.82) is 0 Å². The molecule has 0 aromatic heterocycles. The van der Waals surface area contributed by atoms with Crippen LogP contribution in [-0.2, 0) is 4.79 Å². The number of ketones is 1. The molecule has 0 amide bonds. The maximum absolute atomic E-state index is 11.4. The van der Waals surface area contributed by atoms with Gasteiger partial charge in [-0.05, 0) is 11.6 Å². The normalized spacial score (nSPS) is 11.1. The van der Waals surface area contributed by atoms with Crippen molar-refractivity contribution in [3.8, 4) is 0 Å². The van der Waals surface area contributed by atoms with Gasteiger partial charge in [-0.3, -0.25) is 4.79 Å². The second kappa shape index (κ2) is 6.14. The molecule has 0 saturated heterocycles. The van der Waals surface area contributed by atoms with E-state index in [1.807, 2.05) is 50.5 Å². The van der Waals surface area contributed by atoms with Crippen LogP contribution < -0.4 is 4.90 Å². The quantitative estimate of drug-likeness (QED) is 0.704. The average molecular weight is 204 g/mol. The summed E-state index contributed by atoms with van der Waals surface area (Å²) in [4.78, 5) is 12.7. The van der Waals surface area contributed by atoms with Gasteiger partial charge in [0, 0.05) is 0 Å². The number of allylic oxidation sites excluding steroid dienone is 1. The van der Waals surface area contributed by atoms with E-state index < -0.39 is 0 Å². The molecule has 2 heteroatoms. The maximum atomic E-state index is 11.4. The number of benzene rings is 1. The Morgan fingerprint density at radius 1 is 1.27 bits per heavy atom. The van der Waals surface area contributed by atoms with Gasteiger partial charge in [-0.2, -0.15) is 0 Å². The number of carbonyl (C=O) groups excluding carboxylic acids is 1. The molecule has 0 aliphatic rings. The molecule has 0 aliphatic carbocycles. The van der Waals surface area contributed by atoms with Crippen molar-refractivity contribution in [2.24, 2.45) is 0 Å². The van der Waals surface area contributed by atoms with E-state index >= 15 is 0 Å². The van der Waals surface area contributed by atoms with Crippen LogP contribution in [0.5, 0.6) is 0 Å². The van der Waals surface area contributed by atoms with E-state index in [-0.39, 0.29) is 5.78 Å². The fraction of sp³-hybridized carbons (Fsp3) is 0.308. The predicted molar refractivity (Wildman–Crippen MR) is 62.8 cm³/mol. The third-order valence-corrected chi connectivity index (χ3v) is 2.13. The summed E-state index contributed by atoms with van der Waals surface area (Å²) in [6.45, 7) is 0.887. The van der Waals surface area contributed by atoms with Gasteiger partial charge in [0.25, 0.3) is 0 Å². The molecule has 2 nitrogen and oxygen atoms in total. The molecule has 1 rings (SSSR count). The smallest absolute Gasteiger partial charge is 0.161 e. The Balaban J connectivity index is 2.41. The summed E-state index contributed by atoms with van der Waals surface area (Å²) < 4.78 is 0. The van der Waals surface area contributed by atoms with E-state index in [1.165, 1.54) is 4.90 Å². The molecule has 0 atom stereocenters. The summed E-state index contributed by atoms with van der Waals surface area (Å²) in [5, 5.41) is 0. The zero-order chi connectivity index (χ0) is 11.1. The third-order valence-electron chi connectivity index (χ3n) is 2.13. The number of nitrogens with one attached hydrogen (secondary N) is 1. The van der Waals surface area contributed by atoms with Crippen LogP contribution >= 0.6 is 0 Å². The molecule has 0 spiro atoms. The number of rotatable bonds is 5. The predicted octanol–water partition coefficient (Wildman–Crippen LogP) is 0.803. The number of hydrogen-bond acceptors (Lipinski definition) is 1. The molecular weight excluding hydrogens is 186 g/mol. The molecule has 0 heterocycles. The second-order valence-corrected chi connectivity index (χ2v) is 3.92. The van der Waals surface area contributed by atoms with Crippen LogP contribution in [0, 0.1) is 0 Å². The lowest BCUT2D eigenvalue weighted by atomic mass is 10.2. The number of carbonyl (C=O) groups is 1. The van der Waals surface area contributed by atoms with Crippen LogP contribution in [0.1, 0.15) is 12.0 Å². The lowest BCUT2D eigenvalue weighted by Gasteiger charge is -2.03. The van der Waals surface area contributed by atoms with Gasteiger partial charge >= 0.3 is 0 Å². The Morgan fingerprint density at radius 2 is 1.93 bits per heavy atom. The molecule has 1 aromatic carbocycles. The van der Waals surface area contributed by atoms with Crippen molar-refractivity contribution in [2.45, 2.75) is 6.42 Å². The minimum absolute atomic E-state index is 0.194. The van der Waals surface area contributed by atoms with Crippen LogP contribution in [-0.4, -0.2) is 26.4 Å². The SMILES string of the molecule is C[NH+](C)CCC(=O)/C=C/c1ccccc1. The van der Waals surface area contributed by atoms with Gasteiger partial charge in [0.05, 0.1) is 27.1 Å². The lowest BCUT2D eigenvalue weighted by Crippen LogP contribution is -3.05. The monoisotopic (exact) mass is 204 g/mol. The van der Waals surface area contributed by atoms with Gasteiger partial charge in [-0.25, -0.2) is 0 Å².